The molecule has 0 spiro atoms. The molecule has 0 radical (unpaired) electrons. The molecule has 1 aromatic rings. The van der Waals surface area contributed by atoms with Crippen molar-refractivity contribution in [3.8, 4) is 6.07 Å². The van der Waals surface area contributed by atoms with Gasteiger partial charge in [-0.2, -0.15) is 5.26 Å². The first-order valence-corrected chi connectivity index (χ1v) is 5.35. The zero-order valence-corrected chi connectivity index (χ0v) is 9.40. The lowest BCUT2D eigenvalue weighted by molar-refractivity contribution is 0.928. The van der Waals surface area contributed by atoms with Crippen LogP contribution in [-0.4, -0.2) is 5.88 Å². The number of alkyl halides is 1. The molecule has 13 heavy (non-hydrogen) atoms. The molecule has 0 aromatic heterocycles. The van der Waals surface area contributed by atoms with Gasteiger partial charge in [0.1, 0.15) is 6.07 Å². The van der Waals surface area contributed by atoms with Gasteiger partial charge in [-0.1, -0.05) is 6.07 Å². The smallest absolute Gasteiger partial charge is 0.100 e. The van der Waals surface area contributed by atoms with Crippen molar-refractivity contribution < 1.29 is 0 Å². The van der Waals surface area contributed by atoms with E-state index in [1.165, 1.54) is 5.56 Å². The summed E-state index contributed by atoms with van der Waals surface area (Å²) in [5.41, 5.74) is 1.85. The molecule has 1 nitrogen and oxygen atoms in total. The number of aryl methyl sites for hydroxylation is 1. The normalized spacial score (nSPS) is 9.62. The first-order chi connectivity index (χ1) is 6.27. The van der Waals surface area contributed by atoms with Crippen LogP contribution in [0.15, 0.2) is 22.7 Å². The lowest BCUT2D eigenvalue weighted by atomic mass is 10.1. The van der Waals surface area contributed by atoms with E-state index in [1.54, 1.807) is 0 Å². The fraction of sp³-hybridized carbons (Fsp3) is 0.300. The maximum atomic E-state index is 8.76. The Labute approximate surface area is 91.5 Å². The van der Waals surface area contributed by atoms with Crippen molar-refractivity contribution in [1.82, 2.24) is 0 Å². The molecule has 0 aliphatic carbocycles. The first kappa shape index (κ1) is 10.6. The molecule has 1 aromatic carbocycles. The molecular weight excluding hydrogens is 249 g/mol. The van der Waals surface area contributed by atoms with Crippen LogP contribution in [0.5, 0.6) is 0 Å². The molecule has 0 bridgehead atoms. The van der Waals surface area contributed by atoms with E-state index < -0.39 is 0 Å². The summed E-state index contributed by atoms with van der Waals surface area (Å²) < 4.78 is 0.852. The summed E-state index contributed by atoms with van der Waals surface area (Å²) in [5, 5.41) is 8.76. The van der Waals surface area contributed by atoms with Crippen LogP contribution in [0.25, 0.3) is 0 Å². The van der Waals surface area contributed by atoms with Crippen LogP contribution in [0.4, 0.5) is 0 Å². The second-order valence-electron chi connectivity index (χ2n) is 2.72. The van der Waals surface area contributed by atoms with Gasteiger partial charge in [-0.15, -0.1) is 11.6 Å². The molecule has 0 aliphatic heterocycles. The van der Waals surface area contributed by atoms with E-state index in [2.05, 4.69) is 22.0 Å². The van der Waals surface area contributed by atoms with Gasteiger partial charge < -0.3 is 0 Å². The number of hydrogen-bond donors (Lipinski definition) is 0. The highest BCUT2D eigenvalue weighted by molar-refractivity contribution is 9.10. The summed E-state index contributed by atoms with van der Waals surface area (Å²) in [6, 6.07) is 7.95. The maximum Gasteiger partial charge on any atom is 0.100 e. The molecule has 0 amide bonds. The molecule has 0 heterocycles. The van der Waals surface area contributed by atoms with Crippen LogP contribution in [0.3, 0.4) is 0 Å². The monoisotopic (exact) mass is 257 g/mol. The highest BCUT2D eigenvalue weighted by Gasteiger charge is 2.00. The molecular formula is C10H9BrClN. The van der Waals surface area contributed by atoms with E-state index in [1.807, 2.05) is 18.2 Å². The summed E-state index contributed by atoms with van der Waals surface area (Å²) in [5.74, 6) is 0.665. The van der Waals surface area contributed by atoms with Gasteiger partial charge in [-0.3, -0.25) is 0 Å². The van der Waals surface area contributed by atoms with Crippen molar-refractivity contribution in [1.29, 1.82) is 5.26 Å². The van der Waals surface area contributed by atoms with Gasteiger partial charge >= 0.3 is 0 Å². The molecule has 0 fully saturated rings. The second kappa shape index (κ2) is 5.26. The highest BCUT2D eigenvalue weighted by Crippen LogP contribution is 2.18. The molecule has 0 saturated carbocycles. The van der Waals surface area contributed by atoms with Crippen LogP contribution >= 0.6 is 27.5 Å². The first-order valence-electron chi connectivity index (χ1n) is 4.02. The van der Waals surface area contributed by atoms with Crippen molar-refractivity contribution >= 4 is 27.5 Å². The van der Waals surface area contributed by atoms with Gasteiger partial charge in [-0.05, 0) is 46.5 Å². The average molecular weight is 259 g/mol. The topological polar surface area (TPSA) is 23.8 Å². The average Bonchev–Trinajstić information content (AvgIpc) is 2.16. The maximum absolute atomic E-state index is 8.76. The van der Waals surface area contributed by atoms with E-state index in [0.717, 1.165) is 17.3 Å². The van der Waals surface area contributed by atoms with Crippen LogP contribution in [0, 0.1) is 11.3 Å². The number of nitrogens with zero attached hydrogens (tertiary/aromatic N) is 1. The van der Waals surface area contributed by atoms with E-state index >= 15 is 0 Å². The zero-order valence-electron chi connectivity index (χ0n) is 7.06. The Morgan fingerprint density at radius 1 is 1.46 bits per heavy atom. The van der Waals surface area contributed by atoms with Crippen LogP contribution in [0.1, 0.15) is 17.5 Å². The minimum atomic E-state index is 0.665. The predicted octanol–water partition coefficient (Wildman–Crippen LogP) is 3.49. The van der Waals surface area contributed by atoms with Crippen LogP contribution in [-0.2, 0) is 6.42 Å². The molecule has 0 atom stereocenters. The Bertz CT molecular complexity index is 330. The van der Waals surface area contributed by atoms with Crippen LogP contribution in [0.2, 0.25) is 0 Å². The van der Waals surface area contributed by atoms with Crippen molar-refractivity contribution in [3.63, 3.8) is 0 Å². The lowest BCUT2D eigenvalue weighted by Gasteiger charge is -2.00. The van der Waals surface area contributed by atoms with Gasteiger partial charge in [0, 0.05) is 10.4 Å². The predicted molar refractivity (Wildman–Crippen MR) is 57.9 cm³/mol. The van der Waals surface area contributed by atoms with Crippen molar-refractivity contribution in [2.24, 2.45) is 0 Å². The molecule has 68 valence electrons. The summed E-state index contributed by atoms with van der Waals surface area (Å²) in [6.45, 7) is 0. The minimum Gasteiger partial charge on any atom is -0.192 e. The number of hydrogen-bond acceptors (Lipinski definition) is 1. The largest absolute Gasteiger partial charge is 0.192 e. The highest BCUT2D eigenvalue weighted by atomic mass is 79.9. The van der Waals surface area contributed by atoms with Gasteiger partial charge in [-0.25, -0.2) is 0 Å². The number of benzene rings is 1. The Hall–Kier alpha value is -0.520. The molecule has 0 N–H and O–H groups in total. The van der Waals surface area contributed by atoms with Gasteiger partial charge in [0.2, 0.25) is 0 Å². The standard InChI is InChI=1S/C10H9BrClN/c11-10-4-3-8(2-1-5-12)6-9(10)7-13/h3-4,6H,1-2,5H2. The molecule has 0 aliphatic rings. The minimum absolute atomic E-state index is 0.665. The lowest BCUT2D eigenvalue weighted by Crippen LogP contribution is -1.88. The number of halogens is 2. The SMILES string of the molecule is N#Cc1cc(CCCCl)ccc1Br. The van der Waals surface area contributed by atoms with E-state index in [4.69, 9.17) is 16.9 Å². The molecule has 1 rings (SSSR count). The third-order valence-corrected chi connectivity index (χ3v) is 2.71. The summed E-state index contributed by atoms with van der Waals surface area (Å²) in [7, 11) is 0. The van der Waals surface area contributed by atoms with Crippen molar-refractivity contribution in [2.45, 2.75) is 12.8 Å². The Morgan fingerprint density at radius 2 is 2.23 bits per heavy atom. The van der Waals surface area contributed by atoms with Crippen molar-refractivity contribution in [2.75, 3.05) is 5.88 Å². The van der Waals surface area contributed by atoms with Gasteiger partial charge in [0.25, 0.3) is 0 Å². The Balaban J connectivity index is 2.82. The fourth-order valence-corrected chi connectivity index (χ4v) is 1.55. The number of nitriles is 1. The molecule has 0 saturated heterocycles. The zero-order chi connectivity index (χ0) is 9.68. The molecule has 3 heteroatoms. The third-order valence-electron chi connectivity index (χ3n) is 1.75. The van der Waals surface area contributed by atoms with Gasteiger partial charge in [0.15, 0.2) is 0 Å². The van der Waals surface area contributed by atoms with E-state index in [0.29, 0.717) is 11.4 Å². The summed E-state index contributed by atoms with van der Waals surface area (Å²) in [4.78, 5) is 0. The van der Waals surface area contributed by atoms with Gasteiger partial charge in [0.05, 0.1) is 5.56 Å². The third kappa shape index (κ3) is 3.02. The van der Waals surface area contributed by atoms with E-state index in [-0.39, 0.29) is 0 Å². The summed E-state index contributed by atoms with van der Waals surface area (Å²) >= 11 is 8.89. The second-order valence-corrected chi connectivity index (χ2v) is 3.95. The van der Waals surface area contributed by atoms with Crippen molar-refractivity contribution in [3.05, 3.63) is 33.8 Å². The quantitative estimate of drug-likeness (QED) is 0.761. The summed E-state index contributed by atoms with van der Waals surface area (Å²) in [6.07, 6.45) is 1.89. The Morgan fingerprint density at radius 3 is 2.85 bits per heavy atom. The van der Waals surface area contributed by atoms with E-state index in [9.17, 15) is 0 Å². The number of rotatable bonds is 3. The van der Waals surface area contributed by atoms with Crippen LogP contribution < -0.4 is 0 Å². The molecule has 0 unspecified atom stereocenters. The fourth-order valence-electron chi connectivity index (χ4n) is 1.08. The Kier molecular flexibility index (Phi) is 4.27.